The van der Waals surface area contributed by atoms with Crippen LogP contribution < -0.4 is 5.32 Å². The number of aliphatic hydroxyl groups excluding tert-OH is 1. The minimum absolute atomic E-state index is 0.0128. The summed E-state index contributed by atoms with van der Waals surface area (Å²) in [5.41, 5.74) is 4.39. The lowest BCUT2D eigenvalue weighted by molar-refractivity contribution is 0.267. The van der Waals surface area contributed by atoms with Crippen molar-refractivity contribution < 1.29 is 9.52 Å². The number of nitrogens with zero attached hydrogens (tertiary/aromatic N) is 2. The van der Waals surface area contributed by atoms with Gasteiger partial charge in [-0.25, -0.2) is 0 Å². The Balaban J connectivity index is 1.82. The van der Waals surface area contributed by atoms with Crippen molar-refractivity contribution in [2.45, 2.75) is 33.0 Å². The van der Waals surface area contributed by atoms with Crippen molar-refractivity contribution in [3.8, 4) is 0 Å². The third kappa shape index (κ3) is 3.42. The molecule has 3 aromatic rings. The summed E-state index contributed by atoms with van der Waals surface area (Å²) in [5.74, 6) is 0.888. The molecule has 5 heteroatoms. The smallest absolute Gasteiger partial charge is 0.125 e. The van der Waals surface area contributed by atoms with E-state index in [9.17, 15) is 0 Å². The average molecular weight is 325 g/mol. The normalized spacial score (nSPS) is 12.5. The molecule has 2 N–H and O–H groups in total. The number of hydrogen-bond donors (Lipinski definition) is 2. The Labute approximate surface area is 141 Å². The standard InChI is InChI=1S/C19H23N3O2/c1-14-17(15(2)22(21-14)10-11-23)13-20-19(18-9-6-12-24-18)16-7-4-3-5-8-16/h3-9,12,19-20,23H,10-11,13H2,1-2H3. The molecule has 0 saturated carbocycles. The minimum atomic E-state index is -0.0128. The van der Waals surface area contributed by atoms with E-state index in [-0.39, 0.29) is 12.6 Å². The minimum Gasteiger partial charge on any atom is -0.467 e. The molecular weight excluding hydrogens is 302 g/mol. The molecule has 1 unspecified atom stereocenters. The highest BCUT2D eigenvalue weighted by Gasteiger charge is 2.18. The van der Waals surface area contributed by atoms with E-state index < -0.39 is 0 Å². The van der Waals surface area contributed by atoms with Crippen LogP contribution in [0.15, 0.2) is 53.1 Å². The summed E-state index contributed by atoms with van der Waals surface area (Å²) in [6.45, 7) is 5.34. The maximum absolute atomic E-state index is 9.15. The second-order valence-corrected chi connectivity index (χ2v) is 5.84. The molecule has 3 rings (SSSR count). The Kier molecular flexibility index (Phi) is 5.13. The summed E-state index contributed by atoms with van der Waals surface area (Å²) in [6.07, 6.45) is 1.70. The highest BCUT2D eigenvalue weighted by Crippen LogP contribution is 2.23. The van der Waals surface area contributed by atoms with E-state index in [2.05, 4.69) is 22.5 Å². The van der Waals surface area contributed by atoms with E-state index in [1.54, 1.807) is 6.26 Å². The maximum atomic E-state index is 9.15. The number of nitrogens with one attached hydrogen (secondary N) is 1. The predicted octanol–water partition coefficient (Wildman–Crippen LogP) is 2.96. The molecule has 0 amide bonds. The van der Waals surface area contributed by atoms with Gasteiger partial charge in [0.1, 0.15) is 5.76 Å². The van der Waals surface area contributed by atoms with Crippen LogP contribution in [0.25, 0.3) is 0 Å². The molecule has 0 saturated heterocycles. The summed E-state index contributed by atoms with van der Waals surface area (Å²) >= 11 is 0. The molecule has 0 aliphatic carbocycles. The van der Waals surface area contributed by atoms with Crippen molar-refractivity contribution in [2.75, 3.05) is 6.61 Å². The Hall–Kier alpha value is -2.37. The molecule has 2 heterocycles. The fourth-order valence-corrected chi connectivity index (χ4v) is 2.99. The zero-order chi connectivity index (χ0) is 16.9. The van der Waals surface area contributed by atoms with E-state index >= 15 is 0 Å². The highest BCUT2D eigenvalue weighted by atomic mass is 16.3. The quantitative estimate of drug-likeness (QED) is 0.701. The number of aryl methyl sites for hydroxylation is 1. The van der Waals surface area contributed by atoms with Crippen LogP contribution in [0.2, 0.25) is 0 Å². The molecule has 1 aromatic carbocycles. The van der Waals surface area contributed by atoms with Crippen molar-refractivity contribution in [1.29, 1.82) is 0 Å². The third-order valence-electron chi connectivity index (χ3n) is 4.29. The molecule has 0 fully saturated rings. The predicted molar refractivity (Wildman–Crippen MR) is 92.6 cm³/mol. The molecule has 0 aliphatic heterocycles. The van der Waals surface area contributed by atoms with Gasteiger partial charge >= 0.3 is 0 Å². The molecule has 1 atom stereocenters. The van der Waals surface area contributed by atoms with E-state index in [1.807, 2.05) is 48.9 Å². The first-order valence-electron chi connectivity index (χ1n) is 8.16. The summed E-state index contributed by atoms with van der Waals surface area (Å²) in [6, 6.07) is 14.1. The number of hydrogen-bond acceptors (Lipinski definition) is 4. The van der Waals surface area contributed by atoms with Crippen LogP contribution >= 0.6 is 0 Å². The number of aromatic nitrogens is 2. The van der Waals surface area contributed by atoms with Gasteiger partial charge < -0.3 is 9.52 Å². The molecule has 24 heavy (non-hydrogen) atoms. The van der Waals surface area contributed by atoms with Crippen LogP contribution in [0.4, 0.5) is 0 Å². The number of rotatable bonds is 7. The highest BCUT2D eigenvalue weighted by molar-refractivity contribution is 5.28. The second kappa shape index (κ2) is 7.47. The van der Waals surface area contributed by atoms with E-state index in [4.69, 9.17) is 9.52 Å². The van der Waals surface area contributed by atoms with E-state index in [1.165, 1.54) is 0 Å². The van der Waals surface area contributed by atoms with Crippen molar-refractivity contribution in [3.05, 3.63) is 77.0 Å². The van der Waals surface area contributed by atoms with Gasteiger partial charge in [-0.1, -0.05) is 30.3 Å². The molecule has 5 nitrogen and oxygen atoms in total. The monoisotopic (exact) mass is 325 g/mol. The molecule has 0 spiro atoms. The zero-order valence-corrected chi connectivity index (χ0v) is 14.1. The number of benzene rings is 1. The van der Waals surface area contributed by atoms with Crippen LogP contribution in [0, 0.1) is 13.8 Å². The van der Waals surface area contributed by atoms with Gasteiger partial charge in [-0.05, 0) is 31.5 Å². The summed E-state index contributed by atoms with van der Waals surface area (Å²) in [4.78, 5) is 0. The van der Waals surface area contributed by atoms with Crippen molar-refractivity contribution >= 4 is 0 Å². The van der Waals surface area contributed by atoms with Gasteiger partial charge in [0.05, 0.1) is 31.2 Å². The third-order valence-corrected chi connectivity index (χ3v) is 4.29. The van der Waals surface area contributed by atoms with E-state index in [0.717, 1.165) is 28.3 Å². The summed E-state index contributed by atoms with van der Waals surface area (Å²) in [5, 5.41) is 17.2. The van der Waals surface area contributed by atoms with Crippen LogP contribution in [0.1, 0.15) is 34.3 Å². The topological polar surface area (TPSA) is 63.2 Å². The maximum Gasteiger partial charge on any atom is 0.125 e. The van der Waals surface area contributed by atoms with E-state index in [0.29, 0.717) is 13.1 Å². The molecular formula is C19H23N3O2. The van der Waals surface area contributed by atoms with Crippen molar-refractivity contribution in [3.63, 3.8) is 0 Å². The van der Waals surface area contributed by atoms with Crippen LogP contribution in [-0.4, -0.2) is 21.5 Å². The number of aliphatic hydroxyl groups is 1. The molecule has 2 aromatic heterocycles. The Morgan fingerprint density at radius 1 is 1.17 bits per heavy atom. The fraction of sp³-hybridized carbons (Fsp3) is 0.316. The van der Waals surface area contributed by atoms with Gasteiger partial charge in [0.2, 0.25) is 0 Å². The number of furan rings is 1. The lowest BCUT2D eigenvalue weighted by atomic mass is 10.0. The van der Waals surface area contributed by atoms with Gasteiger partial charge in [-0.2, -0.15) is 5.10 Å². The fourth-order valence-electron chi connectivity index (χ4n) is 2.99. The van der Waals surface area contributed by atoms with Crippen molar-refractivity contribution in [2.24, 2.45) is 0 Å². The van der Waals surface area contributed by atoms with Gasteiger partial charge in [-0.15, -0.1) is 0 Å². The molecule has 0 bridgehead atoms. The second-order valence-electron chi connectivity index (χ2n) is 5.84. The van der Waals surface area contributed by atoms with Crippen LogP contribution in [-0.2, 0) is 13.1 Å². The first-order valence-corrected chi connectivity index (χ1v) is 8.16. The molecule has 126 valence electrons. The largest absolute Gasteiger partial charge is 0.467 e. The lowest BCUT2D eigenvalue weighted by Gasteiger charge is -2.17. The lowest BCUT2D eigenvalue weighted by Crippen LogP contribution is -2.22. The summed E-state index contributed by atoms with van der Waals surface area (Å²) < 4.78 is 7.48. The SMILES string of the molecule is Cc1nn(CCO)c(C)c1CNC(c1ccccc1)c1ccco1. The Morgan fingerprint density at radius 3 is 2.62 bits per heavy atom. The van der Waals surface area contributed by atoms with Gasteiger partial charge in [0.15, 0.2) is 0 Å². The van der Waals surface area contributed by atoms with Gasteiger partial charge in [-0.3, -0.25) is 10.00 Å². The zero-order valence-electron chi connectivity index (χ0n) is 14.1. The Bertz CT molecular complexity index is 764. The van der Waals surface area contributed by atoms with Gasteiger partial charge in [0.25, 0.3) is 0 Å². The van der Waals surface area contributed by atoms with Crippen LogP contribution in [0.3, 0.4) is 0 Å². The first-order chi connectivity index (χ1) is 11.7. The molecule has 0 radical (unpaired) electrons. The average Bonchev–Trinajstić information content (AvgIpc) is 3.20. The first kappa shape index (κ1) is 16.5. The van der Waals surface area contributed by atoms with Crippen molar-refractivity contribution in [1.82, 2.24) is 15.1 Å². The summed E-state index contributed by atoms with van der Waals surface area (Å²) in [7, 11) is 0. The Morgan fingerprint density at radius 2 is 1.96 bits per heavy atom. The van der Waals surface area contributed by atoms with Crippen LogP contribution in [0.5, 0.6) is 0 Å². The van der Waals surface area contributed by atoms with Gasteiger partial charge in [0, 0.05) is 17.8 Å². The molecule has 0 aliphatic rings.